The van der Waals surface area contributed by atoms with E-state index in [9.17, 15) is 9.59 Å². The van der Waals surface area contributed by atoms with Gasteiger partial charge in [-0.1, -0.05) is 61.9 Å². The van der Waals surface area contributed by atoms with Gasteiger partial charge in [0.25, 0.3) is 5.91 Å². The Kier molecular flexibility index (Phi) is 12.8. The Balaban J connectivity index is 2.12. The van der Waals surface area contributed by atoms with Crippen molar-refractivity contribution in [3.05, 3.63) is 89.2 Å². The molecule has 0 aromatic heterocycles. The molecule has 0 aliphatic rings. The molecule has 0 spiro atoms. The van der Waals surface area contributed by atoms with Gasteiger partial charge in [-0.15, -0.1) is 0 Å². The van der Waals surface area contributed by atoms with E-state index in [1.807, 2.05) is 57.2 Å². The number of rotatable bonds is 14. The highest BCUT2D eigenvalue weighted by Gasteiger charge is 2.31. The largest absolute Gasteiger partial charge is 0.493 e. The first-order chi connectivity index (χ1) is 21.0. The summed E-state index contributed by atoms with van der Waals surface area (Å²) in [7, 11) is 1.63. The molecular formula is C36H47FN2O5. The fraction of sp³-hybridized carbons (Fsp3) is 0.444. The van der Waals surface area contributed by atoms with E-state index in [4.69, 9.17) is 14.2 Å². The highest BCUT2D eigenvalue weighted by molar-refractivity contribution is 5.98. The van der Waals surface area contributed by atoms with Crippen LogP contribution in [0.25, 0.3) is 11.1 Å². The molecule has 44 heavy (non-hydrogen) atoms. The number of hydrogen-bond donors (Lipinski definition) is 1. The molecule has 0 unspecified atom stereocenters. The van der Waals surface area contributed by atoms with E-state index >= 15 is 4.39 Å². The Morgan fingerprint density at radius 2 is 1.64 bits per heavy atom. The predicted octanol–water partition coefficient (Wildman–Crippen LogP) is 7.98. The molecule has 0 aliphatic carbocycles. The first kappa shape index (κ1) is 34.6. The number of methoxy groups -OCH3 is 1. The third kappa shape index (κ3) is 9.55. The minimum atomic E-state index is -0.658. The van der Waals surface area contributed by atoms with Gasteiger partial charge in [0, 0.05) is 49.4 Å². The molecule has 8 heteroatoms. The molecule has 3 aromatic rings. The van der Waals surface area contributed by atoms with Crippen molar-refractivity contribution in [3.63, 3.8) is 0 Å². The molecule has 7 nitrogen and oxygen atoms in total. The summed E-state index contributed by atoms with van der Waals surface area (Å²) >= 11 is 0. The van der Waals surface area contributed by atoms with Gasteiger partial charge in [0.15, 0.2) is 0 Å². The Morgan fingerprint density at radius 1 is 0.955 bits per heavy atom. The SMILES string of the molecule is CCCc1cc(-c2ccccc2F)c(OCCCOC)cc1C(=O)N(C(C)C)[C@@H](CNC(=O)OC(C)(C)C)c1ccccc1. The molecule has 0 fully saturated rings. The lowest BCUT2D eigenvalue weighted by atomic mass is 9.93. The summed E-state index contributed by atoms with van der Waals surface area (Å²) in [5.41, 5.74) is 2.52. The van der Waals surface area contributed by atoms with Gasteiger partial charge >= 0.3 is 6.09 Å². The van der Waals surface area contributed by atoms with Crippen LogP contribution in [-0.4, -0.2) is 55.4 Å². The third-order valence-electron chi connectivity index (χ3n) is 7.02. The molecule has 0 heterocycles. The van der Waals surface area contributed by atoms with Crippen molar-refractivity contribution >= 4 is 12.0 Å². The van der Waals surface area contributed by atoms with Gasteiger partial charge in [-0.2, -0.15) is 0 Å². The molecule has 0 saturated heterocycles. The van der Waals surface area contributed by atoms with Crippen LogP contribution in [0.15, 0.2) is 66.7 Å². The molecule has 1 atom stereocenters. The summed E-state index contributed by atoms with van der Waals surface area (Å²) in [5, 5.41) is 2.87. The van der Waals surface area contributed by atoms with E-state index in [0.29, 0.717) is 48.5 Å². The molecular weight excluding hydrogens is 559 g/mol. The first-order valence-electron chi connectivity index (χ1n) is 15.3. The molecule has 1 N–H and O–H groups in total. The van der Waals surface area contributed by atoms with E-state index in [1.54, 1.807) is 57.0 Å². The van der Waals surface area contributed by atoms with E-state index in [-0.39, 0.29) is 24.3 Å². The second-order valence-electron chi connectivity index (χ2n) is 12.0. The van der Waals surface area contributed by atoms with Crippen LogP contribution in [-0.2, 0) is 15.9 Å². The van der Waals surface area contributed by atoms with Crippen molar-refractivity contribution in [1.29, 1.82) is 0 Å². The number of ether oxygens (including phenoxy) is 3. The predicted molar refractivity (Wildman–Crippen MR) is 173 cm³/mol. The van der Waals surface area contributed by atoms with E-state index in [1.165, 1.54) is 6.07 Å². The molecule has 3 aromatic carbocycles. The average Bonchev–Trinajstić information content (AvgIpc) is 2.97. The van der Waals surface area contributed by atoms with Crippen LogP contribution in [0.3, 0.4) is 0 Å². The van der Waals surface area contributed by atoms with Crippen molar-refractivity contribution in [2.24, 2.45) is 0 Å². The van der Waals surface area contributed by atoms with E-state index in [0.717, 1.165) is 17.5 Å². The third-order valence-corrected chi connectivity index (χ3v) is 7.02. The first-order valence-corrected chi connectivity index (χ1v) is 15.3. The average molecular weight is 607 g/mol. The maximum absolute atomic E-state index is 15.1. The summed E-state index contributed by atoms with van der Waals surface area (Å²) < 4.78 is 31.9. The number of nitrogens with one attached hydrogen (secondary N) is 1. The van der Waals surface area contributed by atoms with Crippen molar-refractivity contribution < 1.29 is 28.2 Å². The molecule has 0 bridgehead atoms. The number of amides is 2. The Morgan fingerprint density at radius 3 is 2.25 bits per heavy atom. The summed E-state index contributed by atoms with van der Waals surface area (Å²) in [4.78, 5) is 29.1. The van der Waals surface area contributed by atoms with Crippen LogP contribution in [0.1, 0.15) is 81.9 Å². The van der Waals surface area contributed by atoms with Crippen molar-refractivity contribution in [1.82, 2.24) is 10.2 Å². The van der Waals surface area contributed by atoms with Crippen LogP contribution < -0.4 is 10.1 Å². The molecule has 0 saturated carbocycles. The minimum Gasteiger partial charge on any atom is -0.493 e. The monoisotopic (exact) mass is 606 g/mol. The zero-order valence-corrected chi connectivity index (χ0v) is 27.1. The van der Waals surface area contributed by atoms with Crippen molar-refractivity contribution in [2.45, 2.75) is 78.5 Å². The number of alkyl carbamates (subject to hydrolysis) is 1. The van der Waals surface area contributed by atoms with Crippen molar-refractivity contribution in [3.8, 4) is 16.9 Å². The van der Waals surface area contributed by atoms with E-state index < -0.39 is 17.7 Å². The zero-order chi connectivity index (χ0) is 32.3. The van der Waals surface area contributed by atoms with E-state index in [2.05, 4.69) is 5.32 Å². The maximum atomic E-state index is 15.1. The number of carbonyl (C=O) groups is 2. The highest BCUT2D eigenvalue weighted by Crippen LogP contribution is 2.37. The number of halogens is 1. The molecule has 2 amide bonds. The summed E-state index contributed by atoms with van der Waals surface area (Å²) in [6, 6.07) is 19.1. The number of carbonyl (C=O) groups excluding carboxylic acids is 2. The normalized spacial score (nSPS) is 12.1. The van der Waals surface area contributed by atoms with Crippen molar-refractivity contribution in [2.75, 3.05) is 26.9 Å². The second-order valence-corrected chi connectivity index (χ2v) is 12.0. The summed E-state index contributed by atoms with van der Waals surface area (Å²) in [5.74, 6) is -0.136. The van der Waals surface area contributed by atoms with Gasteiger partial charge in [-0.05, 0) is 70.4 Å². The van der Waals surface area contributed by atoms with Gasteiger partial charge in [0.05, 0.1) is 12.6 Å². The fourth-order valence-corrected chi connectivity index (χ4v) is 5.12. The Labute approximate surface area is 261 Å². The van der Waals surface area contributed by atoms with Gasteiger partial charge in [0.1, 0.15) is 17.2 Å². The topological polar surface area (TPSA) is 77.1 Å². The standard InChI is InChI=1S/C36H47FN2O5/c1-8-15-27-22-30(28-18-12-13-19-31(28)37)33(43-21-14-20-42-7)23-29(27)34(40)39(25(2)3)32(26-16-10-9-11-17-26)24-38-35(41)44-36(4,5)6/h9-13,16-19,22-23,25,32H,8,14-15,20-21,24H2,1-7H3,(H,38,41)/t32-/m0/s1. The van der Waals surface area contributed by atoms with Crippen LogP contribution in [0.2, 0.25) is 0 Å². The smallest absolute Gasteiger partial charge is 0.407 e. The summed E-state index contributed by atoms with van der Waals surface area (Å²) in [6.45, 7) is 12.4. The molecule has 238 valence electrons. The highest BCUT2D eigenvalue weighted by atomic mass is 19.1. The van der Waals surface area contributed by atoms with Crippen LogP contribution in [0, 0.1) is 5.82 Å². The van der Waals surface area contributed by atoms with Gasteiger partial charge < -0.3 is 24.4 Å². The maximum Gasteiger partial charge on any atom is 0.407 e. The van der Waals surface area contributed by atoms with Gasteiger partial charge in [-0.25, -0.2) is 9.18 Å². The lowest BCUT2D eigenvalue weighted by Gasteiger charge is -2.36. The lowest BCUT2D eigenvalue weighted by molar-refractivity contribution is 0.0462. The quantitative estimate of drug-likeness (QED) is 0.188. The number of benzene rings is 3. The number of hydrogen-bond acceptors (Lipinski definition) is 5. The number of nitrogens with zero attached hydrogens (tertiary/aromatic N) is 1. The van der Waals surface area contributed by atoms with Crippen LogP contribution >= 0.6 is 0 Å². The van der Waals surface area contributed by atoms with Crippen LogP contribution in [0.4, 0.5) is 9.18 Å². The van der Waals surface area contributed by atoms with Crippen LogP contribution in [0.5, 0.6) is 5.75 Å². The van der Waals surface area contributed by atoms with Gasteiger partial charge in [-0.3, -0.25) is 4.79 Å². The Bertz CT molecular complexity index is 1370. The van der Waals surface area contributed by atoms with Gasteiger partial charge in [0.2, 0.25) is 0 Å². The second kappa shape index (κ2) is 16.2. The fourth-order valence-electron chi connectivity index (χ4n) is 5.12. The zero-order valence-electron chi connectivity index (χ0n) is 27.1. The Hall–Kier alpha value is -3.91. The summed E-state index contributed by atoms with van der Waals surface area (Å²) in [6.07, 6.45) is 1.49. The minimum absolute atomic E-state index is 0.152. The number of aryl methyl sites for hydroxylation is 1. The lowest BCUT2D eigenvalue weighted by Crippen LogP contribution is -2.46. The molecule has 0 radical (unpaired) electrons. The molecule has 3 rings (SSSR count). The molecule has 0 aliphatic heterocycles.